The fourth-order valence-electron chi connectivity index (χ4n) is 5.47. The predicted molar refractivity (Wildman–Crippen MR) is 186 cm³/mol. The number of aryl methyl sites for hydroxylation is 4. The summed E-state index contributed by atoms with van der Waals surface area (Å²) in [6.45, 7) is 11.2. The molecule has 48 heavy (non-hydrogen) atoms. The minimum Gasteiger partial charge on any atom is -0.493 e. The van der Waals surface area contributed by atoms with Crippen LogP contribution in [0.4, 0.5) is 8.78 Å². The molecule has 0 fully saturated rings. The van der Waals surface area contributed by atoms with Gasteiger partial charge in [-0.2, -0.15) is 8.78 Å². The number of esters is 2. The van der Waals surface area contributed by atoms with Crippen molar-refractivity contribution in [3.8, 4) is 28.0 Å². The first-order valence-corrected chi connectivity index (χ1v) is 16.7. The third-order valence-electron chi connectivity index (χ3n) is 7.97. The monoisotopic (exact) mass is 662 g/mol. The fraction of sp³-hybridized carbons (Fsp3) is 0.400. The Hall–Kier alpha value is -4.30. The molecular weight excluding hydrogens is 614 g/mol. The number of carbonyl (C=O) groups is 2. The molecule has 0 unspecified atom stereocenters. The van der Waals surface area contributed by atoms with Crippen LogP contribution in [0.1, 0.15) is 67.7 Å². The smallest absolute Gasteiger partial charge is 0.366 e. The second kappa shape index (κ2) is 20.2. The Labute approximate surface area is 283 Å². The quantitative estimate of drug-likeness (QED) is 0.0643. The van der Waals surface area contributed by atoms with Gasteiger partial charge in [-0.25, -0.2) is 9.59 Å². The molecule has 3 aromatic rings. The van der Waals surface area contributed by atoms with Gasteiger partial charge in [0, 0.05) is 20.1 Å². The van der Waals surface area contributed by atoms with Crippen molar-refractivity contribution < 1.29 is 37.3 Å². The summed E-state index contributed by atoms with van der Waals surface area (Å²) in [7, 11) is 1.63. The molecule has 0 N–H and O–H groups in total. The van der Waals surface area contributed by atoms with E-state index in [-0.39, 0.29) is 13.2 Å². The first-order chi connectivity index (χ1) is 23.1. The maximum atomic E-state index is 13.1. The van der Waals surface area contributed by atoms with Gasteiger partial charge in [0.25, 0.3) is 0 Å². The van der Waals surface area contributed by atoms with Gasteiger partial charge in [0.1, 0.15) is 5.75 Å². The summed E-state index contributed by atoms with van der Waals surface area (Å²) in [5.74, 6) is -3.74. The standard InChI is InChI=1S/C40H48F2O6/c1-6-7-8-12-31-15-17-32(18-16-31)33-19-20-37(28(2)25-33)36-26-34(13-9-22-47-39(43)29(3)41)38(46-24-11-21-45-5)35(27-36)14-10-23-48-40(44)30(4)42/h15-20,25-27H,3-4,6-14,21-24H2,1-2,5H3. The summed E-state index contributed by atoms with van der Waals surface area (Å²) in [6, 6.07) is 19.3. The lowest BCUT2D eigenvalue weighted by Gasteiger charge is -2.20. The van der Waals surface area contributed by atoms with E-state index in [1.807, 2.05) is 0 Å². The highest BCUT2D eigenvalue weighted by atomic mass is 19.1. The van der Waals surface area contributed by atoms with Gasteiger partial charge in [-0.3, -0.25) is 0 Å². The van der Waals surface area contributed by atoms with E-state index in [0.29, 0.717) is 51.1 Å². The van der Waals surface area contributed by atoms with E-state index in [9.17, 15) is 18.4 Å². The van der Waals surface area contributed by atoms with E-state index >= 15 is 0 Å². The van der Waals surface area contributed by atoms with E-state index in [1.54, 1.807) is 7.11 Å². The van der Waals surface area contributed by atoms with Crippen molar-refractivity contribution in [3.63, 3.8) is 0 Å². The summed E-state index contributed by atoms with van der Waals surface area (Å²) in [5, 5.41) is 0. The minimum absolute atomic E-state index is 0.0125. The van der Waals surface area contributed by atoms with Crippen LogP contribution >= 0.6 is 0 Å². The third-order valence-corrected chi connectivity index (χ3v) is 7.97. The van der Waals surface area contributed by atoms with E-state index in [0.717, 1.165) is 45.4 Å². The van der Waals surface area contributed by atoms with Crippen molar-refractivity contribution in [2.45, 2.75) is 71.6 Å². The van der Waals surface area contributed by atoms with E-state index < -0.39 is 23.6 Å². The number of halogens is 2. The maximum Gasteiger partial charge on any atom is 0.366 e. The van der Waals surface area contributed by atoms with Crippen LogP contribution in [-0.4, -0.2) is 45.5 Å². The van der Waals surface area contributed by atoms with Crippen molar-refractivity contribution in [3.05, 3.63) is 102 Å². The number of hydrogen-bond acceptors (Lipinski definition) is 6. The highest BCUT2D eigenvalue weighted by Gasteiger charge is 2.17. The summed E-state index contributed by atoms with van der Waals surface area (Å²) in [5.41, 5.74) is 8.53. The minimum atomic E-state index is -1.14. The van der Waals surface area contributed by atoms with Crippen LogP contribution in [0.5, 0.6) is 5.75 Å². The van der Waals surface area contributed by atoms with E-state index in [4.69, 9.17) is 18.9 Å². The number of hydrogen-bond donors (Lipinski definition) is 0. The van der Waals surface area contributed by atoms with Gasteiger partial charge < -0.3 is 18.9 Å². The number of rotatable bonds is 21. The molecule has 3 aromatic carbocycles. The van der Waals surface area contributed by atoms with Gasteiger partial charge >= 0.3 is 11.9 Å². The summed E-state index contributed by atoms with van der Waals surface area (Å²) < 4.78 is 47.8. The molecule has 258 valence electrons. The molecule has 0 aliphatic heterocycles. The van der Waals surface area contributed by atoms with Crippen LogP contribution in [-0.2, 0) is 43.1 Å². The SMILES string of the molecule is C=C(F)C(=O)OCCCc1cc(-c2ccc(-c3ccc(CCCCC)cc3)cc2C)cc(CCCOC(=O)C(=C)F)c1OCCCOC. The van der Waals surface area contributed by atoms with Crippen LogP contribution in [0.2, 0.25) is 0 Å². The number of unbranched alkanes of at least 4 members (excludes halogenated alkanes) is 2. The fourth-order valence-corrected chi connectivity index (χ4v) is 5.47. The number of benzene rings is 3. The molecule has 0 atom stereocenters. The Morgan fingerprint density at radius 2 is 1.25 bits per heavy atom. The lowest BCUT2D eigenvalue weighted by atomic mass is 9.91. The number of methoxy groups -OCH3 is 1. The zero-order valence-electron chi connectivity index (χ0n) is 28.5. The zero-order valence-corrected chi connectivity index (χ0v) is 28.5. The van der Waals surface area contributed by atoms with Crippen LogP contribution in [0.15, 0.2) is 79.4 Å². The van der Waals surface area contributed by atoms with Crippen LogP contribution < -0.4 is 4.74 Å². The highest BCUT2D eigenvalue weighted by molar-refractivity contribution is 5.85. The van der Waals surface area contributed by atoms with Crippen LogP contribution in [0.25, 0.3) is 22.3 Å². The molecule has 0 aliphatic rings. The lowest BCUT2D eigenvalue weighted by Crippen LogP contribution is -2.10. The molecule has 0 heterocycles. The second-order valence-electron chi connectivity index (χ2n) is 11.8. The molecule has 0 amide bonds. The first kappa shape index (κ1) is 38.2. The van der Waals surface area contributed by atoms with Gasteiger partial charge in [0.15, 0.2) is 0 Å². The van der Waals surface area contributed by atoms with Gasteiger partial charge in [0.2, 0.25) is 11.7 Å². The van der Waals surface area contributed by atoms with Crippen molar-refractivity contribution >= 4 is 11.9 Å². The first-order valence-electron chi connectivity index (χ1n) is 16.7. The summed E-state index contributed by atoms with van der Waals surface area (Å²) in [4.78, 5) is 23.2. The van der Waals surface area contributed by atoms with Gasteiger partial charge in [0.05, 0.1) is 19.8 Å². The molecular formula is C40H48F2O6. The Morgan fingerprint density at radius 3 is 1.77 bits per heavy atom. The second-order valence-corrected chi connectivity index (χ2v) is 11.8. The normalized spacial score (nSPS) is 10.9. The number of carbonyl (C=O) groups excluding carboxylic acids is 2. The Bertz CT molecular complexity index is 1470. The van der Waals surface area contributed by atoms with Crippen molar-refractivity contribution in [2.75, 3.05) is 33.5 Å². The molecule has 0 bridgehead atoms. The van der Waals surface area contributed by atoms with Crippen LogP contribution in [0, 0.1) is 6.92 Å². The number of ether oxygens (including phenoxy) is 4. The largest absolute Gasteiger partial charge is 0.493 e. The Kier molecular flexibility index (Phi) is 16.0. The van der Waals surface area contributed by atoms with Crippen LogP contribution in [0.3, 0.4) is 0 Å². The average Bonchev–Trinajstić information content (AvgIpc) is 3.07. The summed E-state index contributed by atoms with van der Waals surface area (Å²) >= 11 is 0. The molecule has 0 saturated heterocycles. The van der Waals surface area contributed by atoms with Gasteiger partial charge in [-0.1, -0.05) is 75.4 Å². The van der Waals surface area contributed by atoms with Crippen molar-refractivity contribution in [1.29, 1.82) is 0 Å². The molecule has 0 spiro atoms. The molecule has 0 aliphatic carbocycles. The molecule has 0 aromatic heterocycles. The predicted octanol–water partition coefficient (Wildman–Crippen LogP) is 9.40. The molecule has 0 saturated carbocycles. The van der Waals surface area contributed by atoms with Crippen molar-refractivity contribution in [2.24, 2.45) is 0 Å². The van der Waals surface area contributed by atoms with E-state index in [2.05, 4.69) is 81.6 Å². The maximum absolute atomic E-state index is 13.1. The van der Waals surface area contributed by atoms with Gasteiger partial charge in [-0.15, -0.1) is 0 Å². The molecule has 6 nitrogen and oxygen atoms in total. The van der Waals surface area contributed by atoms with E-state index in [1.165, 1.54) is 24.8 Å². The van der Waals surface area contributed by atoms with Gasteiger partial charge in [-0.05, 0) is 102 Å². The average molecular weight is 663 g/mol. The topological polar surface area (TPSA) is 71.1 Å². The van der Waals surface area contributed by atoms with Crippen molar-refractivity contribution in [1.82, 2.24) is 0 Å². The molecule has 3 rings (SSSR count). The molecule has 8 heteroatoms. The Balaban J connectivity index is 1.94. The Morgan fingerprint density at radius 1 is 0.667 bits per heavy atom. The summed E-state index contributed by atoms with van der Waals surface area (Å²) in [6.07, 6.45) is 7.23. The molecule has 0 radical (unpaired) electrons. The lowest BCUT2D eigenvalue weighted by molar-refractivity contribution is -0.141. The zero-order chi connectivity index (χ0) is 34.9. The third kappa shape index (κ3) is 12.1. The highest BCUT2D eigenvalue weighted by Crippen LogP contribution is 2.36.